The zero-order valence-electron chi connectivity index (χ0n) is 15.8. The summed E-state index contributed by atoms with van der Waals surface area (Å²) in [4.78, 5) is 4.67. The van der Waals surface area contributed by atoms with Gasteiger partial charge in [0.25, 0.3) is 0 Å². The highest BCUT2D eigenvalue weighted by atomic mass is 16.5. The van der Waals surface area contributed by atoms with Crippen LogP contribution in [0.2, 0.25) is 0 Å². The molecule has 0 unspecified atom stereocenters. The first-order chi connectivity index (χ1) is 13.1. The van der Waals surface area contributed by atoms with E-state index in [-0.39, 0.29) is 0 Å². The maximum absolute atomic E-state index is 6.02. The molecule has 0 heterocycles. The fourth-order valence-electron chi connectivity index (χ4n) is 2.35. The van der Waals surface area contributed by atoms with E-state index >= 15 is 0 Å². The Balaban J connectivity index is 1.86. The molecule has 0 saturated heterocycles. The molecule has 27 heavy (non-hydrogen) atoms. The summed E-state index contributed by atoms with van der Waals surface area (Å²) < 4.78 is 11.8. The van der Waals surface area contributed by atoms with Gasteiger partial charge >= 0.3 is 0 Å². The quantitative estimate of drug-likeness (QED) is 0.301. The zero-order chi connectivity index (χ0) is 19.1. The van der Waals surface area contributed by atoms with Gasteiger partial charge in [0.1, 0.15) is 11.5 Å². The van der Waals surface area contributed by atoms with Crippen molar-refractivity contribution in [1.82, 2.24) is 0 Å². The Morgan fingerprint density at radius 3 is 1.96 bits per heavy atom. The minimum Gasteiger partial charge on any atom is -0.465 e. The SMILES string of the molecule is CC(=COc1ccc(C)cc1)C(=Nc1ccc(C)cc1)Oc1ccccc1. The number of para-hydroxylation sites is 1. The molecule has 3 aromatic rings. The molecule has 0 aromatic heterocycles. The molecule has 0 amide bonds. The molecule has 0 saturated carbocycles. The van der Waals surface area contributed by atoms with E-state index in [9.17, 15) is 0 Å². The maximum Gasteiger partial charge on any atom is 0.225 e. The summed E-state index contributed by atoms with van der Waals surface area (Å²) in [6, 6.07) is 25.5. The van der Waals surface area contributed by atoms with Crippen molar-refractivity contribution in [2.45, 2.75) is 20.8 Å². The third kappa shape index (κ3) is 5.58. The van der Waals surface area contributed by atoms with Gasteiger partial charge in [0.15, 0.2) is 0 Å². The average molecular weight is 357 g/mol. The van der Waals surface area contributed by atoms with E-state index < -0.39 is 0 Å². The fraction of sp³-hybridized carbons (Fsp3) is 0.125. The molecule has 3 aromatic carbocycles. The molecule has 3 heteroatoms. The number of aryl methyl sites for hydroxylation is 2. The van der Waals surface area contributed by atoms with Gasteiger partial charge in [-0.25, -0.2) is 4.99 Å². The first-order valence-corrected chi connectivity index (χ1v) is 8.89. The molecule has 0 fully saturated rings. The predicted octanol–water partition coefficient (Wildman–Crippen LogP) is 6.40. The van der Waals surface area contributed by atoms with Crippen molar-refractivity contribution in [3.63, 3.8) is 0 Å². The Kier molecular flexibility index (Phi) is 6.06. The normalized spacial score (nSPS) is 12.0. The number of ether oxygens (including phenoxy) is 2. The van der Waals surface area contributed by atoms with Crippen LogP contribution < -0.4 is 9.47 Å². The van der Waals surface area contributed by atoms with Crippen LogP contribution in [0.5, 0.6) is 11.5 Å². The molecular formula is C24H23NO2. The number of nitrogens with zero attached hydrogens (tertiary/aromatic N) is 1. The van der Waals surface area contributed by atoms with Crippen LogP contribution in [-0.2, 0) is 0 Å². The third-order valence-corrected chi connectivity index (χ3v) is 3.95. The molecule has 0 spiro atoms. The average Bonchev–Trinajstić information content (AvgIpc) is 2.69. The van der Waals surface area contributed by atoms with E-state index in [1.807, 2.05) is 92.7 Å². The Morgan fingerprint density at radius 2 is 1.33 bits per heavy atom. The van der Waals surface area contributed by atoms with Crippen LogP contribution in [0, 0.1) is 13.8 Å². The van der Waals surface area contributed by atoms with Gasteiger partial charge in [-0.1, -0.05) is 53.6 Å². The van der Waals surface area contributed by atoms with Crippen LogP contribution in [0.3, 0.4) is 0 Å². The summed E-state index contributed by atoms with van der Waals surface area (Å²) in [7, 11) is 0. The Bertz CT molecular complexity index is 924. The maximum atomic E-state index is 6.02. The van der Waals surface area contributed by atoms with Crippen LogP contribution in [-0.4, -0.2) is 5.90 Å². The smallest absolute Gasteiger partial charge is 0.225 e. The Morgan fingerprint density at radius 1 is 0.741 bits per heavy atom. The van der Waals surface area contributed by atoms with Crippen molar-refractivity contribution in [2.24, 2.45) is 4.99 Å². The van der Waals surface area contributed by atoms with E-state index in [2.05, 4.69) is 11.9 Å². The lowest BCUT2D eigenvalue weighted by molar-refractivity contribution is 0.473. The van der Waals surface area contributed by atoms with Crippen LogP contribution in [0.15, 0.2) is 95.7 Å². The second-order valence-corrected chi connectivity index (χ2v) is 6.40. The van der Waals surface area contributed by atoms with E-state index in [1.165, 1.54) is 11.1 Å². The molecule has 0 atom stereocenters. The second kappa shape index (κ2) is 8.86. The number of rotatable bonds is 5. The van der Waals surface area contributed by atoms with E-state index in [0.717, 1.165) is 22.8 Å². The van der Waals surface area contributed by atoms with Gasteiger partial charge in [-0.05, 0) is 57.2 Å². The molecule has 3 rings (SSSR count). The lowest BCUT2D eigenvalue weighted by atomic mass is 10.2. The lowest BCUT2D eigenvalue weighted by Gasteiger charge is -2.10. The molecule has 136 valence electrons. The summed E-state index contributed by atoms with van der Waals surface area (Å²) >= 11 is 0. The third-order valence-electron chi connectivity index (χ3n) is 3.95. The van der Waals surface area contributed by atoms with E-state index in [1.54, 1.807) is 6.26 Å². The van der Waals surface area contributed by atoms with Crippen molar-refractivity contribution in [2.75, 3.05) is 0 Å². The molecule has 0 radical (unpaired) electrons. The minimum absolute atomic E-state index is 0.497. The van der Waals surface area contributed by atoms with Crippen molar-refractivity contribution in [3.8, 4) is 11.5 Å². The Hall–Kier alpha value is -3.33. The largest absolute Gasteiger partial charge is 0.465 e. The van der Waals surface area contributed by atoms with Crippen molar-refractivity contribution in [3.05, 3.63) is 102 Å². The highest BCUT2D eigenvalue weighted by molar-refractivity contribution is 5.96. The molecule has 0 aliphatic rings. The first-order valence-electron chi connectivity index (χ1n) is 8.89. The van der Waals surface area contributed by atoms with Crippen LogP contribution >= 0.6 is 0 Å². The molecular weight excluding hydrogens is 334 g/mol. The highest BCUT2D eigenvalue weighted by Crippen LogP contribution is 2.19. The van der Waals surface area contributed by atoms with Crippen LogP contribution in [0.1, 0.15) is 18.1 Å². The van der Waals surface area contributed by atoms with Gasteiger partial charge in [-0.2, -0.15) is 0 Å². The summed E-state index contributed by atoms with van der Waals surface area (Å²) in [6.07, 6.45) is 1.67. The fourth-order valence-corrected chi connectivity index (χ4v) is 2.35. The van der Waals surface area contributed by atoms with E-state index in [0.29, 0.717) is 5.90 Å². The minimum atomic E-state index is 0.497. The van der Waals surface area contributed by atoms with Crippen molar-refractivity contribution >= 4 is 11.6 Å². The van der Waals surface area contributed by atoms with Gasteiger partial charge in [-0.3, -0.25) is 0 Å². The number of hydrogen-bond donors (Lipinski definition) is 0. The summed E-state index contributed by atoms with van der Waals surface area (Å²) in [6.45, 7) is 6.02. The predicted molar refractivity (Wildman–Crippen MR) is 111 cm³/mol. The number of hydrogen-bond acceptors (Lipinski definition) is 3. The lowest BCUT2D eigenvalue weighted by Crippen LogP contribution is -2.10. The number of aliphatic imine (C=N–C) groups is 1. The van der Waals surface area contributed by atoms with Crippen molar-refractivity contribution in [1.29, 1.82) is 0 Å². The summed E-state index contributed by atoms with van der Waals surface area (Å²) in [5.74, 6) is 2.00. The van der Waals surface area contributed by atoms with Gasteiger partial charge in [-0.15, -0.1) is 0 Å². The van der Waals surface area contributed by atoms with Gasteiger partial charge in [0.05, 0.1) is 11.9 Å². The standard InChI is InChI=1S/C24H23NO2/c1-18-9-13-21(14-10-18)25-24(27-23-7-5-4-6-8-23)20(3)17-26-22-15-11-19(2)12-16-22/h4-17H,1-3H3. The van der Waals surface area contributed by atoms with Crippen LogP contribution in [0.25, 0.3) is 0 Å². The number of benzene rings is 3. The summed E-state index contributed by atoms with van der Waals surface area (Å²) in [5.41, 5.74) is 4.00. The molecule has 3 nitrogen and oxygen atoms in total. The monoisotopic (exact) mass is 357 g/mol. The molecule has 0 aliphatic heterocycles. The molecule has 0 aliphatic carbocycles. The molecule has 0 N–H and O–H groups in total. The van der Waals surface area contributed by atoms with Gasteiger partial charge in [0.2, 0.25) is 5.90 Å². The van der Waals surface area contributed by atoms with Crippen molar-refractivity contribution < 1.29 is 9.47 Å². The molecule has 0 bridgehead atoms. The summed E-state index contributed by atoms with van der Waals surface area (Å²) in [5, 5.41) is 0. The topological polar surface area (TPSA) is 30.8 Å². The highest BCUT2D eigenvalue weighted by Gasteiger charge is 2.08. The van der Waals surface area contributed by atoms with E-state index in [4.69, 9.17) is 9.47 Å². The Labute approximate surface area is 160 Å². The second-order valence-electron chi connectivity index (χ2n) is 6.40. The van der Waals surface area contributed by atoms with Gasteiger partial charge in [0, 0.05) is 5.57 Å². The van der Waals surface area contributed by atoms with Crippen LogP contribution in [0.4, 0.5) is 5.69 Å². The first kappa shape index (κ1) is 18.5. The van der Waals surface area contributed by atoms with Gasteiger partial charge < -0.3 is 9.47 Å². The zero-order valence-corrected chi connectivity index (χ0v) is 15.8.